The SMILES string of the molecule is O=C(CN1C(=O)c2ccc(F)cc2C1=O)N1CCC2CCCC=C2C1. The molecule has 1 saturated heterocycles. The van der Waals surface area contributed by atoms with Gasteiger partial charge < -0.3 is 4.90 Å². The fourth-order valence-electron chi connectivity index (χ4n) is 3.99. The van der Waals surface area contributed by atoms with Crippen LogP contribution in [0.4, 0.5) is 4.39 Å². The molecule has 0 radical (unpaired) electrons. The maximum absolute atomic E-state index is 13.3. The van der Waals surface area contributed by atoms with Crippen LogP contribution in [0.25, 0.3) is 0 Å². The van der Waals surface area contributed by atoms with Crippen LogP contribution in [0.1, 0.15) is 46.4 Å². The first-order chi connectivity index (χ1) is 12.0. The summed E-state index contributed by atoms with van der Waals surface area (Å²) in [6.07, 6.45) is 6.59. The van der Waals surface area contributed by atoms with E-state index >= 15 is 0 Å². The molecule has 1 atom stereocenters. The summed E-state index contributed by atoms with van der Waals surface area (Å²) in [7, 11) is 0. The summed E-state index contributed by atoms with van der Waals surface area (Å²) >= 11 is 0. The quantitative estimate of drug-likeness (QED) is 0.612. The van der Waals surface area contributed by atoms with E-state index in [0.717, 1.165) is 29.9 Å². The number of piperidine rings is 1. The molecule has 1 aromatic rings. The molecule has 0 bridgehead atoms. The summed E-state index contributed by atoms with van der Waals surface area (Å²) in [5, 5.41) is 0. The van der Waals surface area contributed by atoms with Crippen LogP contribution in [0.2, 0.25) is 0 Å². The minimum Gasteiger partial charge on any atom is -0.337 e. The zero-order chi connectivity index (χ0) is 17.6. The van der Waals surface area contributed by atoms with Crippen LogP contribution in [-0.2, 0) is 4.79 Å². The molecule has 25 heavy (non-hydrogen) atoms. The summed E-state index contributed by atoms with van der Waals surface area (Å²) in [6, 6.07) is 3.50. The standard InChI is InChI=1S/C19H19FN2O3/c20-14-5-6-15-16(9-14)19(25)22(18(15)24)11-17(23)21-8-7-12-3-1-2-4-13(12)10-21/h4-6,9,12H,1-3,7-8,10-11H2. The number of rotatable bonds is 2. The molecule has 0 saturated carbocycles. The van der Waals surface area contributed by atoms with E-state index in [9.17, 15) is 18.8 Å². The summed E-state index contributed by atoms with van der Waals surface area (Å²) in [4.78, 5) is 40.0. The molecule has 1 unspecified atom stereocenters. The van der Waals surface area contributed by atoms with Gasteiger partial charge in [0.2, 0.25) is 5.91 Å². The smallest absolute Gasteiger partial charge is 0.262 e. The summed E-state index contributed by atoms with van der Waals surface area (Å²) in [6.45, 7) is 0.950. The van der Waals surface area contributed by atoms with Crippen molar-refractivity contribution >= 4 is 17.7 Å². The Hall–Kier alpha value is -2.50. The van der Waals surface area contributed by atoms with Crippen molar-refractivity contribution in [3.8, 4) is 0 Å². The van der Waals surface area contributed by atoms with Gasteiger partial charge in [-0.1, -0.05) is 11.6 Å². The Morgan fingerprint density at radius 1 is 1.16 bits per heavy atom. The first-order valence-corrected chi connectivity index (χ1v) is 8.67. The first-order valence-electron chi connectivity index (χ1n) is 8.67. The highest BCUT2D eigenvalue weighted by atomic mass is 19.1. The van der Waals surface area contributed by atoms with Gasteiger partial charge in [0.15, 0.2) is 0 Å². The fourth-order valence-corrected chi connectivity index (χ4v) is 3.99. The van der Waals surface area contributed by atoms with Gasteiger partial charge in [-0.25, -0.2) is 4.39 Å². The number of imide groups is 1. The Morgan fingerprint density at radius 3 is 2.80 bits per heavy atom. The fraction of sp³-hybridized carbons (Fsp3) is 0.421. The summed E-state index contributed by atoms with van der Waals surface area (Å²) in [5.74, 6) is -1.36. The molecule has 5 nitrogen and oxygen atoms in total. The highest BCUT2D eigenvalue weighted by Gasteiger charge is 2.38. The van der Waals surface area contributed by atoms with E-state index in [1.165, 1.54) is 24.5 Å². The summed E-state index contributed by atoms with van der Waals surface area (Å²) in [5.41, 5.74) is 1.50. The van der Waals surface area contributed by atoms with E-state index in [2.05, 4.69) is 6.08 Å². The lowest BCUT2D eigenvalue weighted by Gasteiger charge is -2.36. The van der Waals surface area contributed by atoms with E-state index < -0.39 is 17.6 Å². The topological polar surface area (TPSA) is 57.7 Å². The monoisotopic (exact) mass is 342 g/mol. The number of likely N-dealkylation sites (tertiary alicyclic amines) is 1. The normalized spacial score (nSPS) is 22.6. The number of carbonyl (C=O) groups is 3. The van der Waals surface area contributed by atoms with Crippen molar-refractivity contribution in [2.75, 3.05) is 19.6 Å². The number of amides is 3. The number of halogens is 1. The van der Waals surface area contributed by atoms with E-state index in [4.69, 9.17) is 0 Å². The van der Waals surface area contributed by atoms with Gasteiger partial charge in [-0.2, -0.15) is 0 Å². The predicted octanol–water partition coefficient (Wildman–Crippen LogP) is 2.38. The number of hydrogen-bond acceptors (Lipinski definition) is 3. The number of fused-ring (bicyclic) bond motifs is 2. The number of allylic oxidation sites excluding steroid dienone is 1. The van der Waals surface area contributed by atoms with Gasteiger partial charge in [-0.15, -0.1) is 0 Å². The maximum atomic E-state index is 13.3. The van der Waals surface area contributed by atoms with Crippen molar-refractivity contribution < 1.29 is 18.8 Å². The van der Waals surface area contributed by atoms with Gasteiger partial charge in [0.1, 0.15) is 12.4 Å². The average molecular weight is 342 g/mol. The third kappa shape index (κ3) is 2.75. The molecule has 1 fully saturated rings. The third-order valence-corrected chi connectivity index (χ3v) is 5.39. The van der Waals surface area contributed by atoms with Gasteiger partial charge in [0.25, 0.3) is 11.8 Å². The molecule has 1 aliphatic carbocycles. The lowest BCUT2D eigenvalue weighted by Crippen LogP contribution is -2.46. The molecule has 4 rings (SSSR count). The lowest BCUT2D eigenvalue weighted by atomic mass is 9.82. The number of hydrogen-bond donors (Lipinski definition) is 0. The van der Waals surface area contributed by atoms with Crippen LogP contribution in [0.5, 0.6) is 0 Å². The Kier molecular flexibility index (Phi) is 3.90. The summed E-state index contributed by atoms with van der Waals surface area (Å²) < 4.78 is 13.3. The van der Waals surface area contributed by atoms with Crippen molar-refractivity contribution in [2.24, 2.45) is 5.92 Å². The van der Waals surface area contributed by atoms with Gasteiger partial charge in [-0.3, -0.25) is 19.3 Å². The molecule has 0 aromatic heterocycles. The van der Waals surface area contributed by atoms with Gasteiger partial charge in [-0.05, 0) is 49.8 Å². The number of benzene rings is 1. The Labute approximate surface area is 145 Å². The molecular formula is C19H19FN2O3. The molecule has 2 heterocycles. The van der Waals surface area contributed by atoms with E-state index in [-0.39, 0.29) is 23.6 Å². The second kappa shape index (κ2) is 6.10. The third-order valence-electron chi connectivity index (χ3n) is 5.39. The molecule has 2 aliphatic heterocycles. The van der Waals surface area contributed by atoms with Crippen molar-refractivity contribution in [3.05, 3.63) is 46.8 Å². The first kappa shape index (κ1) is 16.0. The van der Waals surface area contributed by atoms with Crippen LogP contribution in [0.3, 0.4) is 0 Å². The van der Waals surface area contributed by atoms with Crippen LogP contribution >= 0.6 is 0 Å². The zero-order valence-electron chi connectivity index (χ0n) is 13.8. The average Bonchev–Trinajstić information content (AvgIpc) is 2.85. The molecule has 6 heteroatoms. The largest absolute Gasteiger partial charge is 0.337 e. The van der Waals surface area contributed by atoms with Crippen molar-refractivity contribution in [1.29, 1.82) is 0 Å². The van der Waals surface area contributed by atoms with E-state index in [1.807, 2.05) is 0 Å². The van der Waals surface area contributed by atoms with Crippen molar-refractivity contribution in [1.82, 2.24) is 9.80 Å². The van der Waals surface area contributed by atoms with Gasteiger partial charge in [0, 0.05) is 13.1 Å². The van der Waals surface area contributed by atoms with Crippen LogP contribution < -0.4 is 0 Å². The minimum absolute atomic E-state index is 0.0338. The second-order valence-electron chi connectivity index (χ2n) is 6.90. The van der Waals surface area contributed by atoms with E-state index in [0.29, 0.717) is 19.0 Å². The zero-order valence-corrected chi connectivity index (χ0v) is 13.8. The van der Waals surface area contributed by atoms with Crippen LogP contribution in [0, 0.1) is 11.7 Å². The molecule has 0 N–H and O–H groups in total. The maximum Gasteiger partial charge on any atom is 0.262 e. The minimum atomic E-state index is -0.598. The molecule has 130 valence electrons. The van der Waals surface area contributed by atoms with Crippen molar-refractivity contribution in [3.63, 3.8) is 0 Å². The van der Waals surface area contributed by atoms with Crippen LogP contribution in [0.15, 0.2) is 29.8 Å². The molecular weight excluding hydrogens is 323 g/mol. The van der Waals surface area contributed by atoms with Crippen molar-refractivity contribution in [2.45, 2.75) is 25.7 Å². The Bertz CT molecular complexity index is 802. The van der Waals surface area contributed by atoms with Gasteiger partial charge in [0.05, 0.1) is 11.1 Å². The molecule has 3 aliphatic rings. The molecule has 0 spiro atoms. The number of nitrogens with zero attached hydrogens (tertiary/aromatic N) is 2. The molecule has 1 aromatic carbocycles. The van der Waals surface area contributed by atoms with Crippen LogP contribution in [-0.4, -0.2) is 47.2 Å². The lowest BCUT2D eigenvalue weighted by molar-refractivity contribution is -0.132. The highest BCUT2D eigenvalue weighted by Crippen LogP contribution is 2.32. The predicted molar refractivity (Wildman–Crippen MR) is 88.4 cm³/mol. The molecule has 3 amide bonds. The van der Waals surface area contributed by atoms with Gasteiger partial charge >= 0.3 is 0 Å². The second-order valence-corrected chi connectivity index (χ2v) is 6.90. The number of carbonyl (C=O) groups excluding carboxylic acids is 3. The highest BCUT2D eigenvalue weighted by molar-refractivity contribution is 6.22. The Balaban J connectivity index is 1.47. The Morgan fingerprint density at radius 2 is 1.96 bits per heavy atom. The van der Waals surface area contributed by atoms with E-state index in [1.54, 1.807) is 4.90 Å².